The minimum Gasteiger partial charge on any atom is -0.465 e. The Kier molecular flexibility index (Phi) is 7.86. The van der Waals surface area contributed by atoms with Gasteiger partial charge >= 0.3 is 5.97 Å². The number of carbonyl (C=O) groups is 2. The minimum absolute atomic E-state index is 0. The van der Waals surface area contributed by atoms with Gasteiger partial charge in [-0.3, -0.25) is 9.59 Å². The van der Waals surface area contributed by atoms with Crippen molar-refractivity contribution in [2.75, 3.05) is 19.7 Å². The number of nitrogens with two attached hydrogens (primary N) is 1. The Balaban J connectivity index is 0.00000256. The second-order valence-corrected chi connectivity index (χ2v) is 3.58. The molecule has 0 aromatic heterocycles. The summed E-state index contributed by atoms with van der Waals surface area (Å²) < 4.78 is 10.1. The first kappa shape index (κ1) is 16.1. The van der Waals surface area contributed by atoms with Crippen LogP contribution in [0, 0.1) is 0 Å². The first-order valence-corrected chi connectivity index (χ1v) is 5.46. The van der Waals surface area contributed by atoms with Crippen molar-refractivity contribution >= 4 is 24.3 Å². The maximum absolute atomic E-state index is 11.5. The van der Waals surface area contributed by atoms with Crippen LogP contribution in [0.2, 0.25) is 0 Å². The molecule has 0 aromatic carbocycles. The van der Waals surface area contributed by atoms with Crippen LogP contribution in [0.5, 0.6) is 0 Å². The number of halogens is 1. The van der Waals surface area contributed by atoms with Gasteiger partial charge in [-0.15, -0.1) is 12.4 Å². The van der Waals surface area contributed by atoms with Crippen LogP contribution in [-0.2, 0) is 19.1 Å². The zero-order valence-corrected chi connectivity index (χ0v) is 10.6. The summed E-state index contributed by atoms with van der Waals surface area (Å²) in [5.41, 5.74) is 5.43. The fourth-order valence-electron chi connectivity index (χ4n) is 1.56. The standard InChI is InChI=1S/C10H18N2O4.ClH/c1-2-15-9(13)6-12-10(14)8-4-3-7(5-11)16-8;/h7-8H,2-6,11H2,1H3,(H,12,14);1H/t7-,8+;/m1./s1. The highest BCUT2D eigenvalue weighted by atomic mass is 35.5. The van der Waals surface area contributed by atoms with E-state index in [2.05, 4.69) is 10.1 Å². The van der Waals surface area contributed by atoms with Crippen LogP contribution in [0.4, 0.5) is 0 Å². The molecule has 2 atom stereocenters. The van der Waals surface area contributed by atoms with E-state index >= 15 is 0 Å². The quantitative estimate of drug-likeness (QED) is 0.661. The molecule has 0 saturated carbocycles. The fraction of sp³-hybridized carbons (Fsp3) is 0.800. The molecule has 0 unspecified atom stereocenters. The third kappa shape index (κ3) is 5.34. The van der Waals surface area contributed by atoms with Crippen LogP contribution in [0.1, 0.15) is 19.8 Å². The zero-order chi connectivity index (χ0) is 12.0. The zero-order valence-electron chi connectivity index (χ0n) is 9.81. The lowest BCUT2D eigenvalue weighted by Gasteiger charge is -2.12. The third-order valence-corrected chi connectivity index (χ3v) is 2.38. The average molecular weight is 267 g/mol. The smallest absolute Gasteiger partial charge is 0.325 e. The molecule has 1 saturated heterocycles. The third-order valence-electron chi connectivity index (χ3n) is 2.38. The molecule has 17 heavy (non-hydrogen) atoms. The van der Waals surface area contributed by atoms with Crippen molar-refractivity contribution < 1.29 is 19.1 Å². The molecule has 0 bridgehead atoms. The SMILES string of the molecule is CCOC(=O)CNC(=O)[C@@H]1CC[C@H](CN)O1.Cl. The number of amides is 1. The molecular formula is C10H19ClN2O4. The van der Waals surface area contributed by atoms with Crippen LogP contribution in [0.3, 0.4) is 0 Å². The number of carbonyl (C=O) groups excluding carboxylic acids is 2. The Morgan fingerprint density at radius 3 is 2.71 bits per heavy atom. The van der Waals surface area contributed by atoms with Crippen LogP contribution in [0.15, 0.2) is 0 Å². The van der Waals surface area contributed by atoms with Crippen LogP contribution in [-0.4, -0.2) is 43.8 Å². The molecular weight excluding hydrogens is 248 g/mol. The molecule has 1 aliphatic heterocycles. The van der Waals surface area contributed by atoms with Crippen molar-refractivity contribution in [3.8, 4) is 0 Å². The van der Waals surface area contributed by atoms with E-state index in [-0.39, 0.29) is 31.0 Å². The first-order valence-electron chi connectivity index (χ1n) is 5.46. The molecule has 6 nitrogen and oxygen atoms in total. The largest absolute Gasteiger partial charge is 0.465 e. The summed E-state index contributed by atoms with van der Waals surface area (Å²) >= 11 is 0. The summed E-state index contributed by atoms with van der Waals surface area (Å²) in [6.45, 7) is 2.33. The van der Waals surface area contributed by atoms with Gasteiger partial charge in [0, 0.05) is 6.54 Å². The van der Waals surface area contributed by atoms with Crippen LogP contribution in [0.25, 0.3) is 0 Å². The highest BCUT2D eigenvalue weighted by molar-refractivity contribution is 5.85. The van der Waals surface area contributed by atoms with E-state index in [9.17, 15) is 9.59 Å². The molecule has 1 fully saturated rings. The van der Waals surface area contributed by atoms with Crippen LogP contribution < -0.4 is 11.1 Å². The van der Waals surface area contributed by atoms with Gasteiger partial charge in [-0.2, -0.15) is 0 Å². The van der Waals surface area contributed by atoms with E-state index in [4.69, 9.17) is 10.5 Å². The molecule has 0 aromatic rings. The van der Waals surface area contributed by atoms with E-state index in [1.165, 1.54) is 0 Å². The van der Waals surface area contributed by atoms with E-state index in [1.54, 1.807) is 6.92 Å². The normalized spacial score (nSPS) is 22.7. The second kappa shape index (κ2) is 8.27. The predicted molar refractivity (Wildman–Crippen MR) is 63.8 cm³/mol. The number of nitrogens with one attached hydrogen (secondary N) is 1. The van der Waals surface area contributed by atoms with Crippen molar-refractivity contribution in [1.29, 1.82) is 0 Å². The fourth-order valence-corrected chi connectivity index (χ4v) is 1.56. The summed E-state index contributed by atoms with van der Waals surface area (Å²) in [5, 5.41) is 2.47. The topological polar surface area (TPSA) is 90.7 Å². The summed E-state index contributed by atoms with van der Waals surface area (Å²) in [5.74, 6) is -0.715. The molecule has 1 amide bonds. The Bertz CT molecular complexity index is 263. The van der Waals surface area contributed by atoms with Crippen LogP contribution >= 0.6 is 12.4 Å². The van der Waals surface area contributed by atoms with Crippen molar-refractivity contribution in [3.63, 3.8) is 0 Å². The number of esters is 1. The molecule has 1 heterocycles. The summed E-state index contributed by atoms with van der Waals surface area (Å²) in [6, 6.07) is 0. The molecule has 0 radical (unpaired) electrons. The van der Waals surface area contributed by atoms with Crippen molar-refractivity contribution in [1.82, 2.24) is 5.32 Å². The molecule has 0 aliphatic carbocycles. The maximum atomic E-state index is 11.5. The summed E-state index contributed by atoms with van der Waals surface area (Å²) in [6.07, 6.45) is 0.908. The van der Waals surface area contributed by atoms with Gasteiger partial charge in [-0.25, -0.2) is 0 Å². The van der Waals surface area contributed by atoms with Gasteiger partial charge in [0.1, 0.15) is 12.6 Å². The maximum Gasteiger partial charge on any atom is 0.325 e. The number of hydrogen-bond donors (Lipinski definition) is 2. The number of hydrogen-bond acceptors (Lipinski definition) is 5. The Labute approximate surface area is 107 Å². The van der Waals surface area contributed by atoms with Crippen molar-refractivity contribution in [2.24, 2.45) is 5.73 Å². The first-order chi connectivity index (χ1) is 7.67. The number of ether oxygens (including phenoxy) is 2. The Hall–Kier alpha value is -0.850. The van der Waals surface area contributed by atoms with Gasteiger partial charge in [-0.1, -0.05) is 0 Å². The van der Waals surface area contributed by atoms with Gasteiger partial charge in [0.15, 0.2) is 0 Å². The second-order valence-electron chi connectivity index (χ2n) is 3.58. The predicted octanol–water partition coefficient (Wildman–Crippen LogP) is -0.406. The lowest BCUT2D eigenvalue weighted by molar-refractivity contribution is -0.144. The average Bonchev–Trinajstić information content (AvgIpc) is 2.75. The van der Waals surface area contributed by atoms with Gasteiger partial charge < -0.3 is 20.5 Å². The summed E-state index contributed by atoms with van der Waals surface area (Å²) in [7, 11) is 0. The Morgan fingerprint density at radius 2 is 2.18 bits per heavy atom. The number of rotatable bonds is 5. The van der Waals surface area contributed by atoms with Gasteiger partial charge in [-0.05, 0) is 19.8 Å². The molecule has 0 spiro atoms. The van der Waals surface area contributed by atoms with Crippen molar-refractivity contribution in [3.05, 3.63) is 0 Å². The van der Waals surface area contributed by atoms with Crippen molar-refractivity contribution in [2.45, 2.75) is 32.0 Å². The van der Waals surface area contributed by atoms with E-state index in [0.29, 0.717) is 19.6 Å². The van der Waals surface area contributed by atoms with E-state index < -0.39 is 12.1 Å². The lowest BCUT2D eigenvalue weighted by Crippen LogP contribution is -2.38. The highest BCUT2D eigenvalue weighted by Gasteiger charge is 2.29. The minimum atomic E-state index is -0.483. The molecule has 7 heteroatoms. The Morgan fingerprint density at radius 1 is 1.47 bits per heavy atom. The molecule has 100 valence electrons. The van der Waals surface area contributed by atoms with E-state index in [1.807, 2.05) is 0 Å². The lowest BCUT2D eigenvalue weighted by atomic mass is 10.2. The monoisotopic (exact) mass is 266 g/mol. The van der Waals surface area contributed by atoms with Gasteiger partial charge in [0.2, 0.25) is 5.91 Å². The molecule has 1 rings (SSSR count). The highest BCUT2D eigenvalue weighted by Crippen LogP contribution is 2.18. The van der Waals surface area contributed by atoms with Gasteiger partial charge in [0.05, 0.1) is 12.7 Å². The van der Waals surface area contributed by atoms with E-state index in [0.717, 1.165) is 6.42 Å². The molecule has 3 N–H and O–H groups in total. The molecule has 1 aliphatic rings. The summed E-state index contributed by atoms with van der Waals surface area (Å²) in [4.78, 5) is 22.5. The van der Waals surface area contributed by atoms with Gasteiger partial charge in [0.25, 0.3) is 0 Å².